The number of hydrogen-bond acceptors (Lipinski definition) is 5. The Morgan fingerprint density at radius 2 is 1.79 bits per heavy atom. The Morgan fingerprint density at radius 3 is 2.44 bits per heavy atom. The highest BCUT2D eigenvalue weighted by atomic mass is 16.5. The van der Waals surface area contributed by atoms with Gasteiger partial charge in [0.05, 0.1) is 5.56 Å². The zero-order chi connectivity index (χ0) is 25.1. The van der Waals surface area contributed by atoms with Crippen LogP contribution < -0.4 is 10.4 Å². The molecule has 0 aromatic carbocycles. The Balaban J connectivity index is 1.75. The van der Waals surface area contributed by atoms with Crippen LogP contribution in [0.25, 0.3) is 0 Å². The van der Waals surface area contributed by atoms with Gasteiger partial charge in [0.2, 0.25) is 0 Å². The maximum absolute atomic E-state index is 12.9. The second-order valence-electron chi connectivity index (χ2n) is 12.1. The highest BCUT2D eigenvalue weighted by molar-refractivity contribution is 5.66. The van der Waals surface area contributed by atoms with Crippen molar-refractivity contribution in [2.24, 2.45) is 22.7 Å². The fourth-order valence-electron chi connectivity index (χ4n) is 7.78. The van der Waals surface area contributed by atoms with Crippen LogP contribution in [0, 0.1) is 36.5 Å². The van der Waals surface area contributed by atoms with E-state index in [-0.39, 0.29) is 40.0 Å². The molecule has 0 N–H and O–H groups in total. The van der Waals surface area contributed by atoms with Gasteiger partial charge < -0.3 is 13.9 Å². The van der Waals surface area contributed by atoms with Crippen molar-refractivity contribution in [3.63, 3.8) is 0 Å². The molecule has 2 heterocycles. The Bertz CT molecular complexity index is 1060. The lowest BCUT2D eigenvalue weighted by Gasteiger charge is -2.65. The molecule has 2 aliphatic carbocycles. The first-order chi connectivity index (χ1) is 15.8. The van der Waals surface area contributed by atoms with Crippen LogP contribution in [0.3, 0.4) is 0 Å². The Labute approximate surface area is 204 Å². The normalized spacial score (nSPS) is 36.4. The van der Waals surface area contributed by atoms with Crippen LogP contribution >= 0.6 is 0 Å². The molecule has 2 saturated carbocycles. The van der Waals surface area contributed by atoms with Crippen LogP contribution in [0.4, 0.5) is 0 Å². The van der Waals surface area contributed by atoms with Crippen LogP contribution in [0.2, 0.25) is 0 Å². The van der Waals surface area contributed by atoms with Crippen molar-refractivity contribution in [1.29, 1.82) is 0 Å². The van der Waals surface area contributed by atoms with Gasteiger partial charge in [0.25, 0.3) is 0 Å². The molecule has 188 valence electrons. The highest BCUT2D eigenvalue weighted by Gasteiger charge is 2.64. The number of carbonyl (C=O) groups is 1. The summed E-state index contributed by atoms with van der Waals surface area (Å²) in [4.78, 5) is 24.9. The van der Waals surface area contributed by atoms with E-state index in [0.717, 1.165) is 49.8 Å². The van der Waals surface area contributed by atoms with E-state index in [0.29, 0.717) is 23.7 Å². The van der Waals surface area contributed by atoms with Crippen molar-refractivity contribution >= 4 is 5.97 Å². The van der Waals surface area contributed by atoms with Gasteiger partial charge >= 0.3 is 11.6 Å². The number of hydrogen-bond donors (Lipinski definition) is 0. The molecule has 1 aliphatic heterocycles. The summed E-state index contributed by atoms with van der Waals surface area (Å²) >= 11 is 0. The van der Waals surface area contributed by atoms with Crippen LogP contribution in [0.1, 0.15) is 97.0 Å². The van der Waals surface area contributed by atoms with Crippen molar-refractivity contribution in [2.75, 3.05) is 0 Å². The molecule has 4 rings (SSSR count). The first kappa shape index (κ1) is 25.1. The minimum Gasteiger partial charge on any atom is -0.486 e. The maximum atomic E-state index is 12.9. The number of rotatable bonds is 4. The zero-order valence-corrected chi connectivity index (χ0v) is 22.3. The lowest BCUT2D eigenvalue weighted by Crippen LogP contribution is -2.64. The molecule has 3 aliphatic rings. The van der Waals surface area contributed by atoms with E-state index in [1.807, 2.05) is 13.8 Å². The van der Waals surface area contributed by atoms with Gasteiger partial charge in [0, 0.05) is 23.8 Å². The van der Waals surface area contributed by atoms with E-state index in [1.54, 1.807) is 0 Å². The van der Waals surface area contributed by atoms with E-state index in [1.165, 1.54) is 12.5 Å². The lowest BCUT2D eigenvalue weighted by molar-refractivity contribution is -0.209. The summed E-state index contributed by atoms with van der Waals surface area (Å²) in [5.41, 5.74) is 2.22. The van der Waals surface area contributed by atoms with Crippen molar-refractivity contribution in [2.45, 2.75) is 112 Å². The maximum Gasteiger partial charge on any atom is 0.342 e. The van der Waals surface area contributed by atoms with Gasteiger partial charge in [-0.3, -0.25) is 4.79 Å². The summed E-state index contributed by atoms with van der Waals surface area (Å²) in [7, 11) is 0. The van der Waals surface area contributed by atoms with Crippen LogP contribution in [-0.2, 0) is 16.0 Å². The standard InChI is InChI=1S/C29H42O5/c1-17(2)10-9-13-28(7)22-11-15-29(8)23(27(22,6)14-12-24(28)33-20(5)30)16-21-25(34-29)18(3)19(4)32-26(21)31/h10,22-24H,9,11-16H2,1-8H3/t22-,23+,24+,27+,28+,29+/m1/s1. The lowest BCUT2D eigenvalue weighted by atomic mass is 9.43. The van der Waals surface area contributed by atoms with Gasteiger partial charge in [-0.1, -0.05) is 25.5 Å². The SMILES string of the molecule is CC(=O)O[C@H]1CC[C@@]2(C)[C@@H](CC[C@]3(C)Oc4c(C)c(C)oc(=O)c4C[C@@H]23)[C@]1(C)CCC=C(C)C. The summed E-state index contributed by atoms with van der Waals surface area (Å²) in [6.07, 6.45) is 8.63. The topological polar surface area (TPSA) is 65.7 Å². The second-order valence-corrected chi connectivity index (χ2v) is 12.1. The minimum atomic E-state index is -0.321. The van der Waals surface area contributed by atoms with E-state index in [2.05, 4.69) is 40.7 Å². The van der Waals surface area contributed by atoms with Gasteiger partial charge in [-0.25, -0.2) is 4.79 Å². The number of esters is 1. The third kappa shape index (κ3) is 3.93. The van der Waals surface area contributed by atoms with E-state index < -0.39 is 0 Å². The molecule has 2 fully saturated rings. The summed E-state index contributed by atoms with van der Waals surface area (Å²) in [5, 5.41) is 0. The van der Waals surface area contributed by atoms with Gasteiger partial charge in [0.1, 0.15) is 23.2 Å². The number of allylic oxidation sites excluding steroid dienone is 2. The number of ether oxygens (including phenoxy) is 2. The molecule has 6 atom stereocenters. The number of aryl methyl sites for hydroxylation is 1. The molecule has 1 aromatic rings. The number of carbonyl (C=O) groups excluding carboxylic acids is 1. The fraction of sp³-hybridized carbons (Fsp3) is 0.724. The average molecular weight is 471 g/mol. The largest absolute Gasteiger partial charge is 0.486 e. The number of fused-ring (bicyclic) bond motifs is 4. The molecule has 0 radical (unpaired) electrons. The zero-order valence-electron chi connectivity index (χ0n) is 22.3. The average Bonchev–Trinajstić information content (AvgIpc) is 2.73. The monoisotopic (exact) mass is 470 g/mol. The first-order valence-electron chi connectivity index (χ1n) is 12.9. The molecule has 0 spiro atoms. The quantitative estimate of drug-likeness (QED) is 0.373. The Morgan fingerprint density at radius 1 is 1.09 bits per heavy atom. The molecule has 5 nitrogen and oxygen atoms in total. The van der Waals surface area contributed by atoms with Crippen molar-refractivity contribution in [3.05, 3.63) is 39.0 Å². The third-order valence-corrected chi connectivity index (χ3v) is 9.66. The van der Waals surface area contributed by atoms with Crippen LogP contribution in [0.15, 0.2) is 20.9 Å². The van der Waals surface area contributed by atoms with Gasteiger partial charge in [0.15, 0.2) is 0 Å². The summed E-state index contributed by atoms with van der Waals surface area (Å²) < 4.78 is 18.3. The molecular formula is C29H42O5. The summed E-state index contributed by atoms with van der Waals surface area (Å²) in [6.45, 7) is 16.6. The fourth-order valence-corrected chi connectivity index (χ4v) is 7.78. The summed E-state index contributed by atoms with van der Waals surface area (Å²) in [5.74, 6) is 1.78. The predicted molar refractivity (Wildman–Crippen MR) is 133 cm³/mol. The van der Waals surface area contributed by atoms with E-state index >= 15 is 0 Å². The molecule has 0 bridgehead atoms. The minimum absolute atomic E-state index is 0.0215. The van der Waals surface area contributed by atoms with Crippen molar-refractivity contribution in [1.82, 2.24) is 0 Å². The Kier molecular flexibility index (Phi) is 6.31. The molecule has 0 saturated heterocycles. The smallest absolute Gasteiger partial charge is 0.342 e. The highest BCUT2D eigenvalue weighted by Crippen LogP contribution is 2.66. The van der Waals surface area contributed by atoms with Crippen molar-refractivity contribution < 1.29 is 18.7 Å². The van der Waals surface area contributed by atoms with Crippen LogP contribution in [-0.4, -0.2) is 17.7 Å². The summed E-state index contributed by atoms with van der Waals surface area (Å²) in [6, 6.07) is 0. The molecule has 5 heteroatoms. The van der Waals surface area contributed by atoms with E-state index in [4.69, 9.17) is 13.9 Å². The molecule has 1 aromatic heterocycles. The first-order valence-corrected chi connectivity index (χ1v) is 12.9. The molecular weight excluding hydrogens is 428 g/mol. The molecule has 34 heavy (non-hydrogen) atoms. The molecule has 0 amide bonds. The second kappa shape index (κ2) is 8.57. The Hall–Kier alpha value is -2.04. The predicted octanol–water partition coefficient (Wildman–Crippen LogP) is 6.46. The third-order valence-electron chi connectivity index (χ3n) is 9.66. The van der Waals surface area contributed by atoms with Gasteiger partial charge in [-0.15, -0.1) is 0 Å². The van der Waals surface area contributed by atoms with Gasteiger partial charge in [-0.05, 0) is 90.9 Å². The van der Waals surface area contributed by atoms with E-state index in [9.17, 15) is 9.59 Å². The van der Waals surface area contributed by atoms with Crippen LogP contribution in [0.5, 0.6) is 5.75 Å². The van der Waals surface area contributed by atoms with Crippen molar-refractivity contribution in [3.8, 4) is 5.75 Å². The molecule has 0 unspecified atom stereocenters. The van der Waals surface area contributed by atoms with Gasteiger partial charge in [-0.2, -0.15) is 0 Å².